The van der Waals surface area contributed by atoms with Crippen molar-refractivity contribution in [2.45, 2.75) is 20.3 Å². The lowest BCUT2D eigenvalue weighted by atomic mass is 10.4. The normalized spacial score (nSPS) is 9.93. The number of anilines is 1. The van der Waals surface area contributed by atoms with Gasteiger partial charge in [-0.3, -0.25) is 9.69 Å². The lowest BCUT2D eigenvalue weighted by Gasteiger charge is -2.11. The van der Waals surface area contributed by atoms with Gasteiger partial charge in [-0.25, -0.2) is 4.98 Å². The zero-order valence-corrected chi connectivity index (χ0v) is 9.52. The van der Waals surface area contributed by atoms with E-state index in [0.29, 0.717) is 6.42 Å². The molecule has 1 aromatic rings. The fourth-order valence-corrected chi connectivity index (χ4v) is 1.85. The highest BCUT2D eigenvalue weighted by Crippen LogP contribution is 2.24. The monoisotopic (exact) mass is 210 g/mol. The third kappa shape index (κ3) is 2.20. The first-order valence-corrected chi connectivity index (χ1v) is 5.19. The second-order valence-corrected chi connectivity index (χ2v) is 4.27. The number of hydrogen-bond acceptors (Lipinski definition) is 3. The number of aromatic nitrogens is 1. The Bertz CT molecular complexity index is 338. The van der Waals surface area contributed by atoms with E-state index in [9.17, 15) is 4.79 Å². The molecule has 0 atom stereocenters. The summed E-state index contributed by atoms with van der Waals surface area (Å²) >= 11 is 1.54. The molecule has 0 N–H and O–H groups in total. The fraction of sp³-hybridized carbons (Fsp3) is 0.400. The standard InChI is InChI=1S/C10H14N2OS/c1-5-6-9(13)12(4)10-11-7(2)8(3)14-10/h5H,1,6H2,2-4H3. The van der Waals surface area contributed by atoms with Crippen LogP contribution in [0.4, 0.5) is 5.13 Å². The minimum absolute atomic E-state index is 0.0220. The minimum atomic E-state index is 0.0220. The van der Waals surface area contributed by atoms with Crippen LogP contribution in [0, 0.1) is 13.8 Å². The Morgan fingerprint density at radius 1 is 1.64 bits per heavy atom. The summed E-state index contributed by atoms with van der Waals surface area (Å²) in [5, 5.41) is 0.756. The molecule has 0 unspecified atom stereocenters. The van der Waals surface area contributed by atoms with Crippen LogP contribution in [-0.4, -0.2) is 17.9 Å². The van der Waals surface area contributed by atoms with E-state index in [1.807, 2.05) is 13.8 Å². The first-order chi connectivity index (χ1) is 6.56. The van der Waals surface area contributed by atoms with Gasteiger partial charge in [-0.05, 0) is 13.8 Å². The molecular formula is C10H14N2OS. The first kappa shape index (κ1) is 10.9. The molecule has 0 fully saturated rings. The smallest absolute Gasteiger partial charge is 0.232 e. The lowest BCUT2D eigenvalue weighted by molar-refractivity contribution is -0.117. The van der Waals surface area contributed by atoms with E-state index in [2.05, 4.69) is 11.6 Å². The average Bonchev–Trinajstić information content (AvgIpc) is 2.46. The Hall–Kier alpha value is -1.16. The second kappa shape index (κ2) is 4.37. The van der Waals surface area contributed by atoms with E-state index in [-0.39, 0.29) is 5.91 Å². The second-order valence-electron chi connectivity index (χ2n) is 3.08. The van der Waals surface area contributed by atoms with E-state index in [1.54, 1.807) is 18.0 Å². The van der Waals surface area contributed by atoms with Crippen molar-refractivity contribution in [2.75, 3.05) is 11.9 Å². The average molecular weight is 210 g/mol. The van der Waals surface area contributed by atoms with Gasteiger partial charge in [-0.15, -0.1) is 17.9 Å². The maximum Gasteiger partial charge on any atom is 0.232 e. The van der Waals surface area contributed by atoms with Crippen molar-refractivity contribution < 1.29 is 4.79 Å². The van der Waals surface area contributed by atoms with Gasteiger partial charge in [0.25, 0.3) is 0 Å². The number of thiazole rings is 1. The number of rotatable bonds is 3. The molecule has 0 saturated carbocycles. The molecule has 1 amide bonds. The summed E-state index contributed by atoms with van der Waals surface area (Å²) in [6.45, 7) is 7.48. The zero-order chi connectivity index (χ0) is 10.7. The van der Waals surface area contributed by atoms with Crippen LogP contribution in [0.2, 0.25) is 0 Å². The summed E-state index contributed by atoms with van der Waals surface area (Å²) in [5.41, 5.74) is 0.989. The summed E-state index contributed by atoms with van der Waals surface area (Å²) in [6.07, 6.45) is 1.96. The van der Waals surface area contributed by atoms with Gasteiger partial charge in [0, 0.05) is 18.3 Å². The molecule has 0 bridgehead atoms. The van der Waals surface area contributed by atoms with Crippen LogP contribution >= 0.6 is 11.3 Å². The van der Waals surface area contributed by atoms with E-state index < -0.39 is 0 Å². The summed E-state index contributed by atoms with van der Waals surface area (Å²) in [7, 11) is 1.74. The van der Waals surface area contributed by atoms with Crippen molar-refractivity contribution >= 4 is 22.4 Å². The number of hydrogen-bond donors (Lipinski definition) is 0. The molecule has 1 rings (SSSR count). The van der Waals surface area contributed by atoms with Gasteiger partial charge in [0.15, 0.2) is 5.13 Å². The zero-order valence-electron chi connectivity index (χ0n) is 8.70. The maximum atomic E-state index is 11.5. The van der Waals surface area contributed by atoms with Crippen molar-refractivity contribution in [3.8, 4) is 0 Å². The highest BCUT2D eigenvalue weighted by molar-refractivity contribution is 7.15. The lowest BCUT2D eigenvalue weighted by Crippen LogP contribution is -2.25. The molecular weight excluding hydrogens is 196 g/mol. The van der Waals surface area contributed by atoms with Crippen LogP contribution < -0.4 is 4.90 Å². The molecule has 0 radical (unpaired) electrons. The Labute approximate surface area is 88.1 Å². The van der Waals surface area contributed by atoms with Crippen LogP contribution in [0.5, 0.6) is 0 Å². The SMILES string of the molecule is C=CCC(=O)N(C)c1nc(C)c(C)s1. The van der Waals surface area contributed by atoms with Crippen LogP contribution in [0.15, 0.2) is 12.7 Å². The van der Waals surface area contributed by atoms with E-state index in [1.165, 1.54) is 11.3 Å². The van der Waals surface area contributed by atoms with Gasteiger partial charge >= 0.3 is 0 Å². The number of nitrogens with zero attached hydrogens (tertiary/aromatic N) is 2. The van der Waals surface area contributed by atoms with Gasteiger partial charge < -0.3 is 0 Å². The maximum absolute atomic E-state index is 11.5. The highest BCUT2D eigenvalue weighted by atomic mass is 32.1. The predicted octanol–water partition coefficient (Wildman–Crippen LogP) is 2.30. The molecule has 0 saturated heterocycles. The molecule has 76 valence electrons. The molecule has 0 spiro atoms. The first-order valence-electron chi connectivity index (χ1n) is 4.37. The van der Waals surface area contributed by atoms with Gasteiger partial charge in [-0.1, -0.05) is 6.08 Å². The van der Waals surface area contributed by atoms with Gasteiger partial charge in [0.2, 0.25) is 5.91 Å². The number of amides is 1. The largest absolute Gasteiger partial charge is 0.291 e. The molecule has 0 aliphatic rings. The Morgan fingerprint density at radius 3 is 2.71 bits per heavy atom. The summed E-state index contributed by atoms with van der Waals surface area (Å²) in [4.78, 5) is 18.5. The van der Waals surface area contributed by atoms with Crippen LogP contribution in [0.25, 0.3) is 0 Å². The molecule has 0 aromatic carbocycles. The topological polar surface area (TPSA) is 33.2 Å². The van der Waals surface area contributed by atoms with Crippen molar-refractivity contribution in [1.29, 1.82) is 0 Å². The van der Waals surface area contributed by atoms with Gasteiger partial charge in [-0.2, -0.15) is 0 Å². The van der Waals surface area contributed by atoms with E-state index in [4.69, 9.17) is 0 Å². The van der Waals surface area contributed by atoms with Crippen molar-refractivity contribution in [3.63, 3.8) is 0 Å². The predicted molar refractivity (Wildman–Crippen MR) is 59.8 cm³/mol. The van der Waals surface area contributed by atoms with Crippen LogP contribution in [0.1, 0.15) is 17.0 Å². The molecule has 4 heteroatoms. The number of carbonyl (C=O) groups is 1. The Morgan fingerprint density at radius 2 is 2.29 bits per heavy atom. The number of aryl methyl sites for hydroxylation is 2. The van der Waals surface area contributed by atoms with Gasteiger partial charge in [0.1, 0.15) is 0 Å². The molecule has 3 nitrogen and oxygen atoms in total. The third-order valence-corrected chi connectivity index (χ3v) is 3.15. The van der Waals surface area contributed by atoms with Crippen molar-refractivity contribution in [2.24, 2.45) is 0 Å². The minimum Gasteiger partial charge on any atom is -0.291 e. The van der Waals surface area contributed by atoms with Crippen molar-refractivity contribution in [3.05, 3.63) is 23.2 Å². The summed E-state index contributed by atoms with van der Waals surface area (Å²) < 4.78 is 0. The summed E-state index contributed by atoms with van der Waals surface area (Å²) in [5.74, 6) is 0.0220. The Balaban J connectivity index is 2.83. The summed E-state index contributed by atoms with van der Waals surface area (Å²) in [6, 6.07) is 0. The van der Waals surface area contributed by atoms with E-state index >= 15 is 0 Å². The highest BCUT2D eigenvalue weighted by Gasteiger charge is 2.13. The molecule has 1 heterocycles. The molecule has 0 aliphatic carbocycles. The molecule has 14 heavy (non-hydrogen) atoms. The molecule has 1 aromatic heterocycles. The fourth-order valence-electron chi connectivity index (χ4n) is 0.966. The van der Waals surface area contributed by atoms with Gasteiger partial charge in [0.05, 0.1) is 5.69 Å². The van der Waals surface area contributed by atoms with E-state index in [0.717, 1.165) is 15.7 Å². The Kier molecular flexibility index (Phi) is 3.41. The molecule has 0 aliphatic heterocycles. The quantitative estimate of drug-likeness (QED) is 0.717. The third-order valence-electron chi connectivity index (χ3n) is 2.00. The number of carbonyl (C=O) groups excluding carboxylic acids is 1. The van der Waals surface area contributed by atoms with Crippen molar-refractivity contribution in [1.82, 2.24) is 4.98 Å². The van der Waals surface area contributed by atoms with Crippen LogP contribution in [-0.2, 0) is 4.79 Å². The van der Waals surface area contributed by atoms with Crippen LogP contribution in [0.3, 0.4) is 0 Å².